The molecule has 88 valence electrons. The zero-order valence-corrected chi connectivity index (χ0v) is 9.16. The Kier molecular flexibility index (Phi) is 4.74. The Morgan fingerprint density at radius 3 is 2.75 bits per heavy atom. The van der Waals surface area contributed by atoms with Gasteiger partial charge in [-0.25, -0.2) is 9.59 Å². The molecular formula is C9H12N2O4S. The number of hydrogen-bond acceptors (Lipinski definition) is 4. The van der Waals surface area contributed by atoms with Gasteiger partial charge in [-0.05, 0) is 11.4 Å². The average Bonchev–Trinajstić information content (AvgIpc) is 2.75. The van der Waals surface area contributed by atoms with Crippen molar-refractivity contribution in [2.75, 3.05) is 6.54 Å². The molecule has 0 fully saturated rings. The van der Waals surface area contributed by atoms with E-state index in [0.717, 1.165) is 4.88 Å². The molecule has 0 aliphatic rings. The Hall–Kier alpha value is -1.60. The summed E-state index contributed by atoms with van der Waals surface area (Å²) >= 11 is 1.51. The molecule has 1 heterocycles. The van der Waals surface area contributed by atoms with E-state index in [-0.39, 0.29) is 6.54 Å². The van der Waals surface area contributed by atoms with Gasteiger partial charge < -0.3 is 20.8 Å². The highest BCUT2D eigenvalue weighted by Gasteiger charge is 2.13. The summed E-state index contributed by atoms with van der Waals surface area (Å²) in [7, 11) is 0. The Morgan fingerprint density at radius 2 is 2.19 bits per heavy atom. The molecule has 6 nitrogen and oxygen atoms in total. The number of rotatable bonds is 5. The van der Waals surface area contributed by atoms with Gasteiger partial charge in [-0.3, -0.25) is 0 Å². The number of thiophene rings is 1. The maximum absolute atomic E-state index is 11.1. The fourth-order valence-corrected chi connectivity index (χ4v) is 1.56. The summed E-state index contributed by atoms with van der Waals surface area (Å²) in [5.74, 6) is -1.36. The second kappa shape index (κ2) is 6.09. The van der Waals surface area contributed by atoms with Crippen LogP contribution in [0.3, 0.4) is 0 Å². The first kappa shape index (κ1) is 12.5. The summed E-state index contributed by atoms with van der Waals surface area (Å²) < 4.78 is 0. The van der Waals surface area contributed by atoms with Crippen molar-refractivity contribution in [2.45, 2.75) is 12.6 Å². The number of carboxylic acids is 1. The maximum atomic E-state index is 11.1. The molecule has 0 spiro atoms. The van der Waals surface area contributed by atoms with Gasteiger partial charge >= 0.3 is 12.0 Å². The minimum absolute atomic E-state index is 0.314. The lowest BCUT2D eigenvalue weighted by Crippen LogP contribution is -2.41. The van der Waals surface area contributed by atoms with Crippen LogP contribution in [0, 0.1) is 0 Å². The molecule has 0 saturated carbocycles. The van der Waals surface area contributed by atoms with Gasteiger partial charge in [-0.2, -0.15) is 0 Å². The van der Waals surface area contributed by atoms with Crippen molar-refractivity contribution < 1.29 is 19.8 Å². The van der Waals surface area contributed by atoms with E-state index >= 15 is 0 Å². The van der Waals surface area contributed by atoms with E-state index in [2.05, 4.69) is 10.6 Å². The summed E-state index contributed by atoms with van der Waals surface area (Å²) in [4.78, 5) is 22.4. The van der Waals surface area contributed by atoms with Gasteiger partial charge in [-0.1, -0.05) is 6.07 Å². The van der Waals surface area contributed by atoms with Gasteiger partial charge in [0.2, 0.25) is 0 Å². The van der Waals surface area contributed by atoms with Gasteiger partial charge in [0.25, 0.3) is 0 Å². The van der Waals surface area contributed by atoms with E-state index in [1.807, 2.05) is 17.5 Å². The van der Waals surface area contributed by atoms with E-state index in [4.69, 9.17) is 10.2 Å². The standard InChI is InChI=1S/C9H12N2O4S/c12-7(8(13)14)5-11-9(15)10-4-6-2-1-3-16-6/h1-3,7,12H,4-5H2,(H,13,14)(H2,10,11,15)/t7-/m0/s1. The second-order valence-corrected chi connectivity index (χ2v) is 4.03. The molecule has 1 atom stereocenters. The lowest BCUT2D eigenvalue weighted by atomic mass is 10.4. The van der Waals surface area contributed by atoms with Crippen LogP contribution in [0.25, 0.3) is 0 Å². The number of urea groups is 1. The molecular weight excluding hydrogens is 232 g/mol. The van der Waals surface area contributed by atoms with Crippen LogP contribution in [-0.2, 0) is 11.3 Å². The quantitative estimate of drug-likeness (QED) is 0.585. The summed E-state index contributed by atoms with van der Waals surface area (Å²) in [5.41, 5.74) is 0. The molecule has 16 heavy (non-hydrogen) atoms. The van der Waals surface area contributed by atoms with Crippen molar-refractivity contribution in [3.05, 3.63) is 22.4 Å². The molecule has 1 rings (SSSR count). The van der Waals surface area contributed by atoms with Gasteiger partial charge in [-0.15, -0.1) is 11.3 Å². The second-order valence-electron chi connectivity index (χ2n) is 3.00. The highest BCUT2D eigenvalue weighted by atomic mass is 32.1. The Bertz CT molecular complexity index is 352. The van der Waals surface area contributed by atoms with Crippen LogP contribution in [-0.4, -0.2) is 34.9 Å². The molecule has 1 aromatic rings. The van der Waals surface area contributed by atoms with Crippen molar-refractivity contribution in [1.29, 1.82) is 0 Å². The van der Waals surface area contributed by atoms with Crippen LogP contribution in [0.4, 0.5) is 4.79 Å². The van der Waals surface area contributed by atoms with Crippen LogP contribution in [0.2, 0.25) is 0 Å². The number of hydrogen-bond donors (Lipinski definition) is 4. The topological polar surface area (TPSA) is 98.7 Å². The van der Waals surface area contributed by atoms with Crippen molar-refractivity contribution in [1.82, 2.24) is 10.6 Å². The van der Waals surface area contributed by atoms with Gasteiger partial charge in [0, 0.05) is 4.88 Å². The van der Waals surface area contributed by atoms with E-state index in [9.17, 15) is 9.59 Å². The van der Waals surface area contributed by atoms with Gasteiger partial charge in [0.1, 0.15) is 0 Å². The Labute approximate surface area is 95.9 Å². The first-order valence-corrected chi connectivity index (χ1v) is 5.42. The number of carboxylic acid groups (broad SMARTS) is 1. The van der Waals surface area contributed by atoms with Crippen LogP contribution in [0.1, 0.15) is 4.88 Å². The molecule has 0 aromatic carbocycles. The molecule has 0 saturated heterocycles. The van der Waals surface area contributed by atoms with Crippen molar-refractivity contribution in [3.63, 3.8) is 0 Å². The minimum atomic E-state index is -1.58. The van der Waals surface area contributed by atoms with Crippen molar-refractivity contribution >= 4 is 23.3 Å². The van der Waals surface area contributed by atoms with Crippen LogP contribution in [0.5, 0.6) is 0 Å². The number of aliphatic hydroxyl groups excluding tert-OH is 1. The molecule has 1 aromatic heterocycles. The molecule has 7 heteroatoms. The molecule has 0 aliphatic heterocycles. The molecule has 4 N–H and O–H groups in total. The first-order chi connectivity index (χ1) is 7.59. The van der Waals surface area contributed by atoms with Gasteiger partial charge in [0.05, 0.1) is 13.1 Å². The number of aliphatic carboxylic acids is 1. The summed E-state index contributed by atoms with van der Waals surface area (Å²) in [6.07, 6.45) is -1.58. The maximum Gasteiger partial charge on any atom is 0.334 e. The lowest BCUT2D eigenvalue weighted by molar-refractivity contribution is -0.146. The normalized spacial score (nSPS) is 11.8. The number of amides is 2. The van der Waals surface area contributed by atoms with Crippen LogP contribution >= 0.6 is 11.3 Å². The molecule has 2 amide bonds. The Balaban J connectivity index is 2.19. The predicted molar refractivity (Wildman–Crippen MR) is 58.2 cm³/mol. The molecule has 0 unspecified atom stereocenters. The number of carbonyl (C=O) groups excluding carboxylic acids is 1. The Morgan fingerprint density at radius 1 is 1.44 bits per heavy atom. The van der Waals surface area contributed by atoms with Crippen molar-refractivity contribution in [3.8, 4) is 0 Å². The smallest absolute Gasteiger partial charge is 0.334 e. The largest absolute Gasteiger partial charge is 0.479 e. The summed E-state index contributed by atoms with van der Waals surface area (Å²) in [6, 6.07) is 3.24. The minimum Gasteiger partial charge on any atom is -0.479 e. The van der Waals surface area contributed by atoms with E-state index in [1.54, 1.807) is 0 Å². The average molecular weight is 244 g/mol. The zero-order chi connectivity index (χ0) is 12.0. The fraction of sp³-hybridized carbons (Fsp3) is 0.333. The third-order valence-electron chi connectivity index (χ3n) is 1.74. The van der Waals surface area contributed by atoms with E-state index in [0.29, 0.717) is 6.54 Å². The predicted octanol–water partition coefficient (Wildman–Crippen LogP) is -0.00720. The number of carbonyl (C=O) groups is 2. The third kappa shape index (κ3) is 4.28. The monoisotopic (exact) mass is 244 g/mol. The fourth-order valence-electron chi connectivity index (χ4n) is 0.920. The highest BCUT2D eigenvalue weighted by Crippen LogP contribution is 2.06. The molecule has 0 bridgehead atoms. The third-order valence-corrected chi connectivity index (χ3v) is 2.62. The number of nitrogens with one attached hydrogen (secondary N) is 2. The van der Waals surface area contributed by atoms with Crippen LogP contribution in [0.15, 0.2) is 17.5 Å². The summed E-state index contributed by atoms with van der Waals surface area (Å²) in [5, 5.41) is 23.9. The molecule has 0 radical (unpaired) electrons. The van der Waals surface area contributed by atoms with E-state index < -0.39 is 18.1 Å². The lowest BCUT2D eigenvalue weighted by Gasteiger charge is -2.08. The highest BCUT2D eigenvalue weighted by molar-refractivity contribution is 7.09. The van der Waals surface area contributed by atoms with Crippen LogP contribution < -0.4 is 10.6 Å². The number of aliphatic hydroxyl groups is 1. The zero-order valence-electron chi connectivity index (χ0n) is 8.34. The van der Waals surface area contributed by atoms with Gasteiger partial charge in [0.15, 0.2) is 6.10 Å². The SMILES string of the molecule is O=C(NCc1cccs1)NC[C@H](O)C(=O)O. The van der Waals surface area contributed by atoms with Crippen molar-refractivity contribution in [2.24, 2.45) is 0 Å². The summed E-state index contributed by atoms with van der Waals surface area (Å²) in [6.45, 7) is 0.0677. The van der Waals surface area contributed by atoms with E-state index in [1.165, 1.54) is 11.3 Å². The first-order valence-electron chi connectivity index (χ1n) is 4.54. The molecule has 0 aliphatic carbocycles.